The molecule has 28 heavy (non-hydrogen) atoms. The second-order valence-corrected chi connectivity index (χ2v) is 6.55. The van der Waals surface area contributed by atoms with E-state index in [2.05, 4.69) is 9.97 Å². The molecule has 1 amide bonds. The molecule has 1 fully saturated rings. The molecule has 1 aromatic carbocycles. The molecule has 4 rings (SSSR count). The third-order valence-electron chi connectivity index (χ3n) is 4.71. The van der Waals surface area contributed by atoms with E-state index in [1.54, 1.807) is 11.0 Å². The second-order valence-electron chi connectivity index (χ2n) is 6.55. The van der Waals surface area contributed by atoms with Crippen LogP contribution in [0.15, 0.2) is 30.6 Å². The molecular formula is C20H20FN3O4. The largest absolute Gasteiger partial charge is 0.470 e. The van der Waals surface area contributed by atoms with Gasteiger partial charge in [-0.05, 0) is 30.2 Å². The van der Waals surface area contributed by atoms with Crippen molar-refractivity contribution in [1.82, 2.24) is 14.9 Å². The van der Waals surface area contributed by atoms with Gasteiger partial charge in [-0.15, -0.1) is 0 Å². The summed E-state index contributed by atoms with van der Waals surface area (Å²) >= 11 is 0. The fourth-order valence-electron chi connectivity index (χ4n) is 3.19. The van der Waals surface area contributed by atoms with Crippen molar-refractivity contribution in [1.29, 1.82) is 0 Å². The molecule has 0 radical (unpaired) electrons. The summed E-state index contributed by atoms with van der Waals surface area (Å²) < 4.78 is 30.5. The van der Waals surface area contributed by atoms with E-state index >= 15 is 0 Å². The molecule has 1 atom stereocenters. The molecule has 2 aromatic rings. The van der Waals surface area contributed by atoms with Crippen LogP contribution in [-0.4, -0.2) is 46.8 Å². The fourth-order valence-corrected chi connectivity index (χ4v) is 3.19. The number of ether oxygens (including phenoxy) is 3. The maximum Gasteiger partial charge on any atom is 0.254 e. The first-order valence-corrected chi connectivity index (χ1v) is 9.16. The number of rotatable bonds is 5. The molecule has 0 spiro atoms. The Morgan fingerprint density at radius 2 is 2.21 bits per heavy atom. The lowest BCUT2D eigenvalue weighted by Gasteiger charge is -2.16. The summed E-state index contributed by atoms with van der Waals surface area (Å²) in [4.78, 5) is 21.9. The van der Waals surface area contributed by atoms with Crippen LogP contribution in [0.4, 0.5) is 4.39 Å². The van der Waals surface area contributed by atoms with Crippen molar-refractivity contribution in [3.63, 3.8) is 0 Å². The van der Waals surface area contributed by atoms with Crippen LogP contribution in [0, 0.1) is 5.82 Å². The minimum absolute atomic E-state index is 0.0537. The zero-order valence-corrected chi connectivity index (χ0v) is 15.4. The number of aromatic nitrogens is 2. The molecule has 8 heteroatoms. The van der Waals surface area contributed by atoms with Crippen molar-refractivity contribution < 1.29 is 23.4 Å². The summed E-state index contributed by atoms with van der Waals surface area (Å²) in [6.45, 7) is 2.96. The van der Waals surface area contributed by atoms with Gasteiger partial charge in [0.15, 0.2) is 11.5 Å². The van der Waals surface area contributed by atoms with Gasteiger partial charge in [-0.25, -0.2) is 4.98 Å². The summed E-state index contributed by atoms with van der Waals surface area (Å²) in [6.07, 6.45) is 5.33. The number of hydrogen-bond acceptors (Lipinski definition) is 6. The SMILES string of the molecule is CCc1ncnc(O[C@@H]2CCN(C(=O)/C=C/c3ccc4c(c3)OCO4)C2)c1F. The molecule has 0 unspecified atom stereocenters. The van der Waals surface area contributed by atoms with E-state index in [-0.39, 0.29) is 24.7 Å². The smallest absolute Gasteiger partial charge is 0.254 e. The third-order valence-corrected chi connectivity index (χ3v) is 4.71. The molecule has 3 heterocycles. The molecule has 7 nitrogen and oxygen atoms in total. The van der Waals surface area contributed by atoms with Gasteiger partial charge in [0.05, 0.1) is 12.2 Å². The molecule has 2 aliphatic heterocycles. The topological polar surface area (TPSA) is 73.8 Å². The first kappa shape index (κ1) is 18.2. The monoisotopic (exact) mass is 385 g/mol. The van der Waals surface area contributed by atoms with E-state index in [0.29, 0.717) is 43.1 Å². The molecule has 146 valence electrons. The minimum atomic E-state index is -0.530. The normalized spacial score (nSPS) is 18.1. The van der Waals surface area contributed by atoms with Gasteiger partial charge in [0, 0.05) is 19.0 Å². The zero-order valence-electron chi connectivity index (χ0n) is 15.4. The number of nitrogens with zero attached hydrogens (tertiary/aromatic N) is 3. The van der Waals surface area contributed by atoms with Crippen LogP contribution < -0.4 is 14.2 Å². The highest BCUT2D eigenvalue weighted by molar-refractivity contribution is 5.92. The number of amides is 1. The van der Waals surface area contributed by atoms with Crippen LogP contribution in [0.1, 0.15) is 24.6 Å². The molecule has 0 saturated carbocycles. The Labute approximate surface area is 161 Å². The van der Waals surface area contributed by atoms with Gasteiger partial charge < -0.3 is 19.1 Å². The van der Waals surface area contributed by atoms with Crippen LogP contribution in [-0.2, 0) is 11.2 Å². The average Bonchev–Trinajstić information content (AvgIpc) is 3.36. The number of benzene rings is 1. The zero-order chi connectivity index (χ0) is 19.5. The van der Waals surface area contributed by atoms with Crippen molar-refractivity contribution in [2.45, 2.75) is 25.9 Å². The highest BCUT2D eigenvalue weighted by Crippen LogP contribution is 2.32. The number of fused-ring (bicyclic) bond motifs is 1. The van der Waals surface area contributed by atoms with E-state index in [1.165, 1.54) is 12.4 Å². The third kappa shape index (κ3) is 3.76. The summed E-state index contributed by atoms with van der Waals surface area (Å²) in [6, 6.07) is 5.49. The molecule has 1 aromatic heterocycles. The molecule has 0 N–H and O–H groups in total. The lowest BCUT2D eigenvalue weighted by Crippen LogP contribution is -2.29. The lowest BCUT2D eigenvalue weighted by atomic mass is 10.2. The van der Waals surface area contributed by atoms with Crippen LogP contribution in [0.25, 0.3) is 6.08 Å². The second kappa shape index (κ2) is 7.84. The number of hydrogen-bond donors (Lipinski definition) is 0. The number of carbonyl (C=O) groups excluding carboxylic acids is 1. The summed E-state index contributed by atoms with van der Waals surface area (Å²) in [7, 11) is 0. The Morgan fingerprint density at radius 3 is 3.07 bits per heavy atom. The predicted octanol–water partition coefficient (Wildman–Crippen LogP) is 2.60. The summed E-state index contributed by atoms with van der Waals surface area (Å²) in [5, 5.41) is 0. The van der Waals surface area contributed by atoms with Crippen molar-refractivity contribution in [3.8, 4) is 17.4 Å². The Hall–Kier alpha value is -3.16. The summed E-state index contributed by atoms with van der Waals surface area (Å²) in [5.41, 5.74) is 1.17. The molecule has 1 saturated heterocycles. The van der Waals surface area contributed by atoms with Crippen molar-refractivity contribution in [3.05, 3.63) is 47.7 Å². The van der Waals surface area contributed by atoms with Gasteiger partial charge in [0.1, 0.15) is 12.4 Å². The van der Waals surface area contributed by atoms with Gasteiger partial charge >= 0.3 is 0 Å². The number of aryl methyl sites for hydroxylation is 1. The summed E-state index contributed by atoms with van der Waals surface area (Å²) in [5.74, 6) is 0.662. The van der Waals surface area contributed by atoms with E-state index in [1.807, 2.05) is 25.1 Å². The van der Waals surface area contributed by atoms with Crippen LogP contribution in [0.3, 0.4) is 0 Å². The van der Waals surface area contributed by atoms with Crippen LogP contribution >= 0.6 is 0 Å². The number of likely N-dealkylation sites (tertiary alicyclic amines) is 1. The number of halogens is 1. The van der Waals surface area contributed by atoms with E-state index < -0.39 is 5.82 Å². The van der Waals surface area contributed by atoms with Crippen molar-refractivity contribution in [2.24, 2.45) is 0 Å². The van der Waals surface area contributed by atoms with E-state index in [0.717, 1.165) is 5.56 Å². The number of carbonyl (C=O) groups is 1. The Morgan fingerprint density at radius 1 is 1.36 bits per heavy atom. The van der Waals surface area contributed by atoms with Gasteiger partial charge in [0.2, 0.25) is 18.5 Å². The Kier molecular flexibility index (Phi) is 5.10. The maximum atomic E-state index is 14.2. The van der Waals surface area contributed by atoms with Crippen molar-refractivity contribution in [2.75, 3.05) is 19.9 Å². The predicted molar refractivity (Wildman–Crippen MR) is 98.6 cm³/mol. The highest BCUT2D eigenvalue weighted by Gasteiger charge is 2.28. The molecular weight excluding hydrogens is 365 g/mol. The van der Waals surface area contributed by atoms with Crippen LogP contribution in [0.2, 0.25) is 0 Å². The van der Waals surface area contributed by atoms with Crippen molar-refractivity contribution >= 4 is 12.0 Å². The maximum absolute atomic E-state index is 14.2. The van der Waals surface area contributed by atoms with Gasteiger partial charge in [0.25, 0.3) is 5.88 Å². The quantitative estimate of drug-likeness (QED) is 0.737. The van der Waals surface area contributed by atoms with Gasteiger partial charge in [-0.3, -0.25) is 4.79 Å². The minimum Gasteiger partial charge on any atom is -0.470 e. The average molecular weight is 385 g/mol. The lowest BCUT2D eigenvalue weighted by molar-refractivity contribution is -0.125. The van der Waals surface area contributed by atoms with E-state index in [4.69, 9.17) is 14.2 Å². The van der Waals surface area contributed by atoms with Gasteiger partial charge in [-0.2, -0.15) is 9.37 Å². The van der Waals surface area contributed by atoms with Crippen LogP contribution in [0.5, 0.6) is 17.4 Å². The Balaban J connectivity index is 1.35. The molecule has 0 aliphatic carbocycles. The standard InChI is InChI=1S/C20H20FN3O4/c1-2-15-19(21)20(23-11-22-15)28-14-7-8-24(10-14)18(25)6-4-13-3-5-16-17(9-13)27-12-26-16/h3-6,9,11,14H,2,7-8,10,12H2,1H3/b6-4+/t14-/m1/s1. The molecule has 0 bridgehead atoms. The van der Waals surface area contributed by atoms with E-state index in [9.17, 15) is 9.18 Å². The Bertz CT molecular complexity index is 918. The molecule has 2 aliphatic rings. The fraction of sp³-hybridized carbons (Fsp3) is 0.350. The highest BCUT2D eigenvalue weighted by atomic mass is 19.1. The van der Waals surface area contributed by atoms with Gasteiger partial charge in [-0.1, -0.05) is 13.0 Å². The first-order chi connectivity index (χ1) is 13.6. The first-order valence-electron chi connectivity index (χ1n) is 9.16.